The van der Waals surface area contributed by atoms with Crippen molar-refractivity contribution in [3.05, 3.63) is 70.7 Å². The predicted octanol–water partition coefficient (Wildman–Crippen LogP) is 2.99. The highest BCUT2D eigenvalue weighted by atomic mass is 35.5. The van der Waals surface area contributed by atoms with Gasteiger partial charge in [0.25, 0.3) is 5.91 Å². The van der Waals surface area contributed by atoms with Gasteiger partial charge in [0.05, 0.1) is 6.54 Å². The molecule has 1 heterocycles. The molecule has 0 bridgehead atoms. The molecule has 1 aliphatic heterocycles. The maximum atomic E-state index is 12.7. The molecule has 0 unspecified atom stereocenters. The van der Waals surface area contributed by atoms with Gasteiger partial charge in [-0.25, -0.2) is 4.79 Å². The molecule has 3 rings (SSSR count). The number of imide groups is 1. The highest BCUT2D eigenvalue weighted by Gasteiger charge is 2.49. The number of benzene rings is 2. The summed E-state index contributed by atoms with van der Waals surface area (Å²) in [7, 11) is 0. The monoisotopic (exact) mass is 342 g/mol. The van der Waals surface area contributed by atoms with Crippen LogP contribution in [0.1, 0.15) is 22.8 Å². The number of carbonyl (C=O) groups is 3. The first-order valence-corrected chi connectivity index (χ1v) is 7.78. The number of rotatable bonds is 4. The van der Waals surface area contributed by atoms with E-state index in [9.17, 15) is 14.4 Å². The number of hydrogen-bond acceptors (Lipinski definition) is 3. The second-order valence-electron chi connectivity index (χ2n) is 5.74. The van der Waals surface area contributed by atoms with Crippen LogP contribution in [0.2, 0.25) is 5.02 Å². The summed E-state index contributed by atoms with van der Waals surface area (Å²) in [5, 5.41) is 3.19. The zero-order valence-electron chi connectivity index (χ0n) is 13.0. The number of Topliss-reactive ketones (excluding diaryl/α,β-unsaturated/α-hetero) is 1. The molecule has 0 radical (unpaired) electrons. The van der Waals surface area contributed by atoms with Crippen LogP contribution in [0.5, 0.6) is 0 Å². The van der Waals surface area contributed by atoms with Crippen molar-refractivity contribution in [1.29, 1.82) is 0 Å². The summed E-state index contributed by atoms with van der Waals surface area (Å²) >= 11 is 5.80. The van der Waals surface area contributed by atoms with Gasteiger partial charge in [0, 0.05) is 10.6 Å². The molecule has 0 aromatic heterocycles. The molecule has 2 aromatic carbocycles. The maximum Gasteiger partial charge on any atom is 0.325 e. The summed E-state index contributed by atoms with van der Waals surface area (Å²) in [6.07, 6.45) is 0. The number of halogens is 1. The van der Waals surface area contributed by atoms with E-state index in [0.717, 1.165) is 4.90 Å². The minimum Gasteiger partial charge on any atom is -0.319 e. The summed E-state index contributed by atoms with van der Waals surface area (Å²) in [4.78, 5) is 38.2. The molecule has 24 heavy (non-hydrogen) atoms. The molecule has 122 valence electrons. The first kappa shape index (κ1) is 16.2. The summed E-state index contributed by atoms with van der Waals surface area (Å²) in [5.74, 6) is -0.770. The zero-order valence-corrected chi connectivity index (χ0v) is 13.7. The lowest BCUT2D eigenvalue weighted by molar-refractivity contribution is -0.130. The number of nitrogens with zero attached hydrogens (tertiary/aromatic N) is 1. The van der Waals surface area contributed by atoms with Crippen molar-refractivity contribution in [2.24, 2.45) is 0 Å². The normalized spacial score (nSPS) is 20.2. The first-order chi connectivity index (χ1) is 11.4. The highest BCUT2D eigenvalue weighted by molar-refractivity contribution is 6.30. The Labute approximate surface area is 144 Å². The van der Waals surface area contributed by atoms with Gasteiger partial charge in [0.1, 0.15) is 5.54 Å². The van der Waals surface area contributed by atoms with Crippen LogP contribution in [0.4, 0.5) is 4.79 Å². The number of nitrogens with one attached hydrogen (secondary N) is 1. The Morgan fingerprint density at radius 3 is 2.33 bits per heavy atom. The smallest absolute Gasteiger partial charge is 0.319 e. The summed E-state index contributed by atoms with van der Waals surface area (Å²) in [6.45, 7) is 1.32. The molecule has 2 aromatic rings. The van der Waals surface area contributed by atoms with E-state index in [1.54, 1.807) is 55.5 Å². The van der Waals surface area contributed by atoms with Crippen molar-refractivity contribution >= 4 is 29.3 Å². The Balaban J connectivity index is 1.82. The fourth-order valence-corrected chi connectivity index (χ4v) is 2.80. The Hall–Kier alpha value is -2.66. The molecule has 1 aliphatic rings. The van der Waals surface area contributed by atoms with Crippen molar-refractivity contribution in [3.8, 4) is 0 Å². The highest BCUT2D eigenvalue weighted by Crippen LogP contribution is 2.28. The summed E-state index contributed by atoms with van der Waals surface area (Å²) in [5.41, 5.74) is -0.100. The average molecular weight is 343 g/mol. The topological polar surface area (TPSA) is 66.5 Å². The molecule has 1 N–H and O–H groups in total. The van der Waals surface area contributed by atoms with Gasteiger partial charge in [-0.15, -0.1) is 0 Å². The first-order valence-electron chi connectivity index (χ1n) is 7.40. The molecule has 1 fully saturated rings. The Morgan fingerprint density at radius 1 is 1.08 bits per heavy atom. The largest absolute Gasteiger partial charge is 0.325 e. The lowest BCUT2D eigenvalue weighted by atomic mass is 9.92. The fraction of sp³-hybridized carbons (Fsp3) is 0.167. The Bertz CT molecular complexity index is 805. The maximum absolute atomic E-state index is 12.7. The van der Waals surface area contributed by atoms with Gasteiger partial charge in [-0.2, -0.15) is 0 Å². The average Bonchev–Trinajstić information content (AvgIpc) is 2.80. The van der Waals surface area contributed by atoms with E-state index in [0.29, 0.717) is 16.1 Å². The van der Waals surface area contributed by atoms with Crippen molar-refractivity contribution in [2.75, 3.05) is 6.54 Å². The van der Waals surface area contributed by atoms with Crippen molar-refractivity contribution in [3.63, 3.8) is 0 Å². The van der Waals surface area contributed by atoms with Gasteiger partial charge in [-0.05, 0) is 36.8 Å². The van der Waals surface area contributed by atoms with E-state index >= 15 is 0 Å². The molecule has 5 nitrogen and oxygen atoms in total. The van der Waals surface area contributed by atoms with Crippen molar-refractivity contribution in [1.82, 2.24) is 10.2 Å². The zero-order chi connectivity index (χ0) is 17.3. The molecule has 3 amide bonds. The van der Waals surface area contributed by atoms with Crippen LogP contribution >= 0.6 is 11.6 Å². The molecule has 1 atom stereocenters. The second kappa shape index (κ2) is 6.09. The summed E-state index contributed by atoms with van der Waals surface area (Å²) < 4.78 is 0. The van der Waals surface area contributed by atoms with Gasteiger partial charge < -0.3 is 5.32 Å². The number of carbonyl (C=O) groups excluding carboxylic acids is 3. The molecule has 0 aliphatic carbocycles. The van der Waals surface area contributed by atoms with Crippen LogP contribution in [0.15, 0.2) is 54.6 Å². The number of ketones is 1. The lowest BCUT2D eigenvalue weighted by Crippen LogP contribution is -2.41. The Morgan fingerprint density at radius 2 is 1.71 bits per heavy atom. The lowest BCUT2D eigenvalue weighted by Gasteiger charge is -2.22. The Kier molecular flexibility index (Phi) is 4.11. The third kappa shape index (κ3) is 2.78. The van der Waals surface area contributed by atoms with Gasteiger partial charge in [-0.3, -0.25) is 14.5 Å². The van der Waals surface area contributed by atoms with Crippen molar-refractivity contribution in [2.45, 2.75) is 12.5 Å². The standard InChI is InChI=1S/C18H15ClN2O3/c1-18(13-5-3-2-4-6-13)16(23)21(17(24)20-18)11-15(22)12-7-9-14(19)10-8-12/h2-10H,11H2,1H3,(H,20,24)/t18-/m0/s1. The number of hydrogen-bond donors (Lipinski definition) is 1. The van der Waals surface area contributed by atoms with Gasteiger partial charge >= 0.3 is 6.03 Å². The molecule has 0 saturated carbocycles. The SMILES string of the molecule is C[C@@]1(c2ccccc2)NC(=O)N(CC(=O)c2ccc(Cl)cc2)C1=O. The van der Waals surface area contributed by atoms with Crippen LogP contribution in [0.25, 0.3) is 0 Å². The van der Waals surface area contributed by atoms with E-state index in [4.69, 9.17) is 11.6 Å². The fourth-order valence-electron chi connectivity index (χ4n) is 2.68. The molecule has 6 heteroatoms. The van der Waals surface area contributed by atoms with Crippen LogP contribution in [-0.2, 0) is 10.3 Å². The minimum atomic E-state index is -1.17. The molecule has 1 saturated heterocycles. The summed E-state index contributed by atoms with van der Waals surface area (Å²) in [6, 6.07) is 14.7. The third-order valence-corrected chi connectivity index (χ3v) is 4.35. The molecular weight excluding hydrogens is 328 g/mol. The predicted molar refractivity (Wildman–Crippen MR) is 89.8 cm³/mol. The quantitative estimate of drug-likeness (QED) is 0.686. The minimum absolute atomic E-state index is 0.311. The number of amides is 3. The van der Waals surface area contributed by atoms with Crippen LogP contribution in [0, 0.1) is 0 Å². The second-order valence-corrected chi connectivity index (χ2v) is 6.18. The van der Waals surface area contributed by atoms with Crippen LogP contribution in [0.3, 0.4) is 0 Å². The van der Waals surface area contributed by atoms with E-state index in [1.165, 1.54) is 0 Å². The van der Waals surface area contributed by atoms with E-state index in [2.05, 4.69) is 5.32 Å². The van der Waals surface area contributed by atoms with E-state index in [1.807, 2.05) is 6.07 Å². The molecule has 0 spiro atoms. The van der Waals surface area contributed by atoms with E-state index in [-0.39, 0.29) is 12.3 Å². The van der Waals surface area contributed by atoms with Gasteiger partial charge in [-0.1, -0.05) is 41.9 Å². The third-order valence-electron chi connectivity index (χ3n) is 4.09. The molecular formula is C18H15ClN2O3. The van der Waals surface area contributed by atoms with Crippen LogP contribution in [-0.4, -0.2) is 29.2 Å². The number of urea groups is 1. The van der Waals surface area contributed by atoms with Crippen LogP contribution < -0.4 is 5.32 Å². The van der Waals surface area contributed by atoms with Gasteiger partial charge in [0.2, 0.25) is 0 Å². The van der Waals surface area contributed by atoms with Crippen molar-refractivity contribution < 1.29 is 14.4 Å². The van der Waals surface area contributed by atoms with E-state index < -0.39 is 17.5 Å². The van der Waals surface area contributed by atoms with Gasteiger partial charge in [0.15, 0.2) is 5.78 Å².